The molecule has 5 heteroatoms. The van der Waals surface area contributed by atoms with Gasteiger partial charge in [0.2, 0.25) is 5.91 Å². The van der Waals surface area contributed by atoms with Crippen LogP contribution in [-0.4, -0.2) is 35.0 Å². The Balaban J connectivity index is 1.74. The van der Waals surface area contributed by atoms with Crippen LogP contribution in [0.5, 0.6) is 0 Å². The minimum absolute atomic E-state index is 0.0957. The Kier molecular flexibility index (Phi) is 5.01. The highest BCUT2D eigenvalue weighted by atomic mass is 32.2. The summed E-state index contributed by atoms with van der Waals surface area (Å²) < 4.78 is 0. The van der Waals surface area contributed by atoms with Gasteiger partial charge in [0.25, 0.3) is 0 Å². The minimum atomic E-state index is 0.0957. The molecule has 4 nitrogen and oxygen atoms in total. The van der Waals surface area contributed by atoms with Gasteiger partial charge in [-0.1, -0.05) is 6.07 Å². The van der Waals surface area contributed by atoms with Crippen molar-refractivity contribution in [2.24, 2.45) is 0 Å². The molecule has 0 spiro atoms. The average molecular weight is 265 g/mol. The summed E-state index contributed by atoms with van der Waals surface area (Å²) in [5.74, 6) is 2.26. The van der Waals surface area contributed by atoms with Crippen molar-refractivity contribution in [3.8, 4) is 0 Å². The zero-order valence-corrected chi connectivity index (χ0v) is 11.4. The lowest BCUT2D eigenvalue weighted by Gasteiger charge is -2.22. The van der Waals surface area contributed by atoms with Crippen molar-refractivity contribution < 1.29 is 4.79 Å². The molecule has 0 saturated carbocycles. The number of amides is 1. The predicted molar refractivity (Wildman–Crippen MR) is 74.6 cm³/mol. The van der Waals surface area contributed by atoms with Crippen LogP contribution in [0.2, 0.25) is 0 Å². The van der Waals surface area contributed by atoms with E-state index in [1.165, 1.54) is 0 Å². The Hall–Kier alpha value is -1.07. The number of pyridine rings is 1. The third kappa shape index (κ3) is 4.31. The number of rotatable bonds is 4. The second-order valence-corrected chi connectivity index (χ2v) is 5.63. The smallest absolute Gasteiger partial charge is 0.221 e. The molecule has 1 aliphatic heterocycles. The van der Waals surface area contributed by atoms with E-state index in [9.17, 15) is 4.79 Å². The SMILES string of the molecule is Cc1cccc(CNC(=O)CC2CSCCN2)n1. The van der Waals surface area contributed by atoms with Gasteiger partial charge in [-0.3, -0.25) is 9.78 Å². The summed E-state index contributed by atoms with van der Waals surface area (Å²) in [6.45, 7) is 3.47. The van der Waals surface area contributed by atoms with E-state index in [4.69, 9.17) is 0 Å². The van der Waals surface area contributed by atoms with Crippen molar-refractivity contribution in [1.29, 1.82) is 0 Å². The number of carbonyl (C=O) groups excluding carboxylic acids is 1. The molecule has 18 heavy (non-hydrogen) atoms. The van der Waals surface area contributed by atoms with Gasteiger partial charge in [0.15, 0.2) is 0 Å². The molecule has 1 fully saturated rings. The van der Waals surface area contributed by atoms with Crippen LogP contribution in [-0.2, 0) is 11.3 Å². The van der Waals surface area contributed by atoms with Gasteiger partial charge in [-0.15, -0.1) is 0 Å². The minimum Gasteiger partial charge on any atom is -0.350 e. The number of hydrogen-bond acceptors (Lipinski definition) is 4. The number of aromatic nitrogens is 1. The number of carbonyl (C=O) groups is 1. The molecular formula is C13H19N3OS. The third-order valence-electron chi connectivity index (χ3n) is 2.84. The van der Waals surface area contributed by atoms with Gasteiger partial charge >= 0.3 is 0 Å². The Labute approximate surface area is 112 Å². The summed E-state index contributed by atoms with van der Waals surface area (Å²) in [6, 6.07) is 6.16. The maximum absolute atomic E-state index is 11.8. The molecule has 1 unspecified atom stereocenters. The van der Waals surface area contributed by atoms with Gasteiger partial charge in [0.05, 0.1) is 12.2 Å². The average Bonchev–Trinajstić information content (AvgIpc) is 2.38. The quantitative estimate of drug-likeness (QED) is 0.856. The molecule has 1 atom stereocenters. The van der Waals surface area contributed by atoms with Crippen molar-refractivity contribution in [3.63, 3.8) is 0 Å². The number of aryl methyl sites for hydroxylation is 1. The van der Waals surface area contributed by atoms with Gasteiger partial charge < -0.3 is 10.6 Å². The molecule has 1 aromatic heterocycles. The molecular weight excluding hydrogens is 246 g/mol. The molecule has 0 aliphatic carbocycles. The van der Waals surface area contributed by atoms with Crippen molar-refractivity contribution in [2.75, 3.05) is 18.1 Å². The first-order chi connectivity index (χ1) is 8.74. The fraction of sp³-hybridized carbons (Fsp3) is 0.538. The van der Waals surface area contributed by atoms with E-state index in [1.807, 2.05) is 36.9 Å². The van der Waals surface area contributed by atoms with Crippen LogP contribution >= 0.6 is 11.8 Å². The Morgan fingerprint density at radius 2 is 2.50 bits per heavy atom. The van der Waals surface area contributed by atoms with Crippen LogP contribution in [0.4, 0.5) is 0 Å². The third-order valence-corrected chi connectivity index (χ3v) is 3.97. The standard InChI is InChI=1S/C13H19N3OS/c1-10-3-2-4-11(16-10)8-15-13(17)7-12-9-18-6-5-14-12/h2-4,12,14H,5-9H2,1H3,(H,15,17). The largest absolute Gasteiger partial charge is 0.350 e. The summed E-state index contributed by atoms with van der Waals surface area (Å²) in [6.07, 6.45) is 0.554. The van der Waals surface area contributed by atoms with Crippen LogP contribution in [0.1, 0.15) is 17.8 Å². The summed E-state index contributed by atoms with van der Waals surface area (Å²) in [7, 11) is 0. The highest BCUT2D eigenvalue weighted by Crippen LogP contribution is 2.10. The predicted octanol–water partition coefficient (Wildman–Crippen LogP) is 1.10. The maximum Gasteiger partial charge on any atom is 0.221 e. The highest BCUT2D eigenvalue weighted by molar-refractivity contribution is 7.99. The van der Waals surface area contributed by atoms with Crippen molar-refractivity contribution in [3.05, 3.63) is 29.6 Å². The summed E-state index contributed by atoms with van der Waals surface area (Å²) in [4.78, 5) is 16.1. The fourth-order valence-electron chi connectivity index (χ4n) is 1.93. The molecule has 1 aromatic rings. The lowest BCUT2D eigenvalue weighted by Crippen LogP contribution is -2.41. The van der Waals surface area contributed by atoms with E-state index in [2.05, 4.69) is 15.6 Å². The van der Waals surface area contributed by atoms with E-state index in [0.717, 1.165) is 29.4 Å². The Morgan fingerprint density at radius 3 is 3.22 bits per heavy atom. The molecule has 0 radical (unpaired) electrons. The molecule has 1 saturated heterocycles. The van der Waals surface area contributed by atoms with Crippen LogP contribution in [0.15, 0.2) is 18.2 Å². The molecule has 2 rings (SSSR count). The molecule has 0 bridgehead atoms. The molecule has 2 N–H and O–H groups in total. The van der Waals surface area contributed by atoms with E-state index in [0.29, 0.717) is 19.0 Å². The lowest BCUT2D eigenvalue weighted by atomic mass is 10.2. The zero-order chi connectivity index (χ0) is 12.8. The van der Waals surface area contributed by atoms with Crippen LogP contribution in [0.3, 0.4) is 0 Å². The number of nitrogens with one attached hydrogen (secondary N) is 2. The van der Waals surface area contributed by atoms with Crippen LogP contribution < -0.4 is 10.6 Å². The number of hydrogen-bond donors (Lipinski definition) is 2. The topological polar surface area (TPSA) is 54.0 Å². The zero-order valence-electron chi connectivity index (χ0n) is 10.6. The molecule has 1 aliphatic rings. The second kappa shape index (κ2) is 6.75. The van der Waals surface area contributed by atoms with Crippen LogP contribution in [0, 0.1) is 6.92 Å². The number of nitrogens with zero attached hydrogens (tertiary/aromatic N) is 1. The molecule has 0 aromatic carbocycles. The monoisotopic (exact) mass is 265 g/mol. The van der Waals surface area contributed by atoms with E-state index >= 15 is 0 Å². The molecule has 98 valence electrons. The first-order valence-corrected chi connectivity index (χ1v) is 7.40. The van der Waals surface area contributed by atoms with E-state index < -0.39 is 0 Å². The van der Waals surface area contributed by atoms with Crippen LogP contribution in [0.25, 0.3) is 0 Å². The normalized spacial score (nSPS) is 19.5. The highest BCUT2D eigenvalue weighted by Gasteiger charge is 2.16. The lowest BCUT2D eigenvalue weighted by molar-refractivity contribution is -0.121. The first-order valence-electron chi connectivity index (χ1n) is 6.24. The Bertz CT molecular complexity index is 405. The summed E-state index contributed by atoms with van der Waals surface area (Å²) in [5.41, 5.74) is 1.89. The van der Waals surface area contributed by atoms with Crippen molar-refractivity contribution >= 4 is 17.7 Å². The van der Waals surface area contributed by atoms with Gasteiger partial charge in [0.1, 0.15) is 0 Å². The second-order valence-electron chi connectivity index (χ2n) is 4.48. The van der Waals surface area contributed by atoms with Gasteiger partial charge in [-0.2, -0.15) is 11.8 Å². The summed E-state index contributed by atoms with van der Waals surface area (Å²) >= 11 is 1.91. The van der Waals surface area contributed by atoms with Crippen molar-refractivity contribution in [1.82, 2.24) is 15.6 Å². The molecule has 1 amide bonds. The van der Waals surface area contributed by atoms with Gasteiger partial charge in [-0.25, -0.2) is 0 Å². The van der Waals surface area contributed by atoms with E-state index in [1.54, 1.807) is 0 Å². The first kappa shape index (κ1) is 13.4. The summed E-state index contributed by atoms with van der Waals surface area (Å²) in [5, 5.41) is 6.28. The van der Waals surface area contributed by atoms with Gasteiger partial charge in [0, 0.05) is 36.2 Å². The van der Waals surface area contributed by atoms with Crippen molar-refractivity contribution in [2.45, 2.75) is 25.9 Å². The Morgan fingerprint density at radius 1 is 1.61 bits per heavy atom. The van der Waals surface area contributed by atoms with Gasteiger partial charge in [-0.05, 0) is 19.1 Å². The molecule has 2 heterocycles. The van der Waals surface area contributed by atoms with E-state index in [-0.39, 0.29) is 5.91 Å². The maximum atomic E-state index is 11.8. The number of thioether (sulfide) groups is 1. The fourth-order valence-corrected chi connectivity index (χ4v) is 2.88.